The van der Waals surface area contributed by atoms with E-state index in [2.05, 4.69) is 38.4 Å². The van der Waals surface area contributed by atoms with Crippen molar-refractivity contribution in [1.29, 1.82) is 0 Å². The van der Waals surface area contributed by atoms with Crippen molar-refractivity contribution in [3.63, 3.8) is 0 Å². The molecule has 0 radical (unpaired) electrons. The zero-order valence-corrected chi connectivity index (χ0v) is 24.0. The average molecular weight is 580 g/mol. The third kappa shape index (κ3) is 5.15. The molecule has 2 saturated heterocycles. The summed E-state index contributed by atoms with van der Waals surface area (Å²) in [5.41, 5.74) is 3.55. The first kappa shape index (κ1) is 26.6. The number of morpholine rings is 1. The lowest BCUT2D eigenvalue weighted by atomic mass is 9.83. The summed E-state index contributed by atoms with van der Waals surface area (Å²) in [4.78, 5) is 31.4. The maximum Gasteiger partial charge on any atom is 0.439 e. The molecule has 0 aromatic carbocycles. The van der Waals surface area contributed by atoms with Crippen LogP contribution in [0.5, 0.6) is 0 Å². The van der Waals surface area contributed by atoms with Crippen LogP contribution in [0.2, 0.25) is 5.02 Å². The van der Waals surface area contributed by atoms with Crippen LogP contribution in [0.4, 0.5) is 5.95 Å². The summed E-state index contributed by atoms with van der Waals surface area (Å²) in [5.74, 6) is 1.77. The van der Waals surface area contributed by atoms with Gasteiger partial charge in [-0.2, -0.15) is 0 Å². The molecular weight excluding hydrogens is 546 g/mol. The second kappa shape index (κ2) is 10.8. The van der Waals surface area contributed by atoms with E-state index in [1.54, 1.807) is 12.4 Å². The van der Waals surface area contributed by atoms with E-state index in [1.165, 1.54) is 25.7 Å². The van der Waals surface area contributed by atoms with E-state index < -0.39 is 5.76 Å². The number of nitrogens with one attached hydrogen (secondary N) is 1. The lowest BCUT2D eigenvalue weighted by Gasteiger charge is -2.46. The average Bonchev–Trinajstić information content (AvgIpc) is 3.57. The van der Waals surface area contributed by atoms with Crippen molar-refractivity contribution in [2.45, 2.75) is 70.7 Å². The molecule has 1 aliphatic carbocycles. The van der Waals surface area contributed by atoms with Gasteiger partial charge in [0.15, 0.2) is 0 Å². The highest BCUT2D eigenvalue weighted by Crippen LogP contribution is 2.39. The van der Waals surface area contributed by atoms with Gasteiger partial charge in [-0.15, -0.1) is 0 Å². The van der Waals surface area contributed by atoms with Gasteiger partial charge in [0, 0.05) is 37.7 Å². The highest BCUT2D eigenvalue weighted by atomic mass is 35.5. The van der Waals surface area contributed by atoms with Crippen molar-refractivity contribution in [1.82, 2.24) is 29.7 Å². The van der Waals surface area contributed by atoms with Crippen LogP contribution in [0.15, 0.2) is 33.8 Å². The van der Waals surface area contributed by atoms with Crippen LogP contribution in [-0.4, -0.2) is 67.7 Å². The van der Waals surface area contributed by atoms with Crippen molar-refractivity contribution in [2.75, 3.05) is 24.7 Å². The second-order valence-electron chi connectivity index (χ2n) is 11.8. The number of nitrogens with zero attached hydrogens (tertiary/aromatic N) is 6. The molecule has 3 unspecified atom stereocenters. The van der Waals surface area contributed by atoms with E-state index >= 15 is 0 Å². The summed E-state index contributed by atoms with van der Waals surface area (Å²) in [7, 11) is 0. The molecule has 0 spiro atoms. The standard InChI is InChI=1S/C29H34ClN7O4/c1-16-3-5-18(6-4-16)14-37-26-21(33-28(37)36-13-17(2)40-24-7-8-39-15-23(24)36)10-22(27-34-29(38)41-35-27)32-25(26)19-9-20(30)12-31-11-19/h9-12,16-18,23-24H,3-8,13-15H2,1-2H3,(H,34,35,38). The monoisotopic (exact) mass is 579 g/mol. The van der Waals surface area contributed by atoms with Crippen LogP contribution in [0.25, 0.3) is 33.8 Å². The highest BCUT2D eigenvalue weighted by molar-refractivity contribution is 6.30. The van der Waals surface area contributed by atoms with Crippen molar-refractivity contribution in [3.8, 4) is 22.8 Å². The minimum atomic E-state index is -0.642. The maximum atomic E-state index is 11.8. The number of aromatic nitrogens is 6. The fourth-order valence-corrected chi connectivity index (χ4v) is 6.82. The Morgan fingerprint density at radius 3 is 2.73 bits per heavy atom. The van der Waals surface area contributed by atoms with Crippen LogP contribution in [0.1, 0.15) is 46.0 Å². The molecule has 4 aromatic heterocycles. The number of halogens is 1. The summed E-state index contributed by atoms with van der Waals surface area (Å²) < 4.78 is 19.4. The molecular formula is C29H34ClN7O4. The molecule has 41 heavy (non-hydrogen) atoms. The quantitative estimate of drug-likeness (QED) is 0.358. The second-order valence-corrected chi connectivity index (χ2v) is 12.2. The first-order chi connectivity index (χ1) is 19.9. The van der Waals surface area contributed by atoms with Gasteiger partial charge in [0.05, 0.1) is 46.6 Å². The molecule has 0 bridgehead atoms. The number of ether oxygens (including phenoxy) is 2. The Labute approximate surface area is 242 Å². The number of H-pyrrole nitrogens is 1. The van der Waals surface area contributed by atoms with Gasteiger partial charge in [-0.05, 0) is 50.2 Å². The zero-order chi connectivity index (χ0) is 28.1. The molecule has 216 valence electrons. The molecule has 4 aromatic rings. The first-order valence-corrected chi connectivity index (χ1v) is 14.9. The van der Waals surface area contributed by atoms with Crippen molar-refractivity contribution >= 4 is 28.6 Å². The molecule has 3 aliphatic rings. The topological polar surface area (TPSA) is 124 Å². The molecule has 3 atom stereocenters. The first-order valence-electron chi connectivity index (χ1n) is 14.5. The number of fused-ring (bicyclic) bond motifs is 2. The number of aromatic amines is 1. The van der Waals surface area contributed by atoms with Gasteiger partial charge in [0.1, 0.15) is 5.69 Å². The Morgan fingerprint density at radius 1 is 1.10 bits per heavy atom. The molecule has 1 saturated carbocycles. The molecule has 11 nitrogen and oxygen atoms in total. The summed E-state index contributed by atoms with van der Waals surface area (Å²) in [6.45, 7) is 7.30. The van der Waals surface area contributed by atoms with Gasteiger partial charge in [-0.25, -0.2) is 14.8 Å². The van der Waals surface area contributed by atoms with Gasteiger partial charge in [-0.1, -0.05) is 36.5 Å². The predicted octanol–water partition coefficient (Wildman–Crippen LogP) is 4.70. The molecule has 0 amide bonds. The minimum Gasteiger partial charge on any atom is -0.379 e. The fraction of sp³-hybridized carbons (Fsp3) is 0.552. The highest BCUT2D eigenvalue weighted by Gasteiger charge is 2.40. The Hall–Kier alpha value is -3.28. The van der Waals surface area contributed by atoms with E-state index in [-0.39, 0.29) is 24.1 Å². The lowest BCUT2D eigenvalue weighted by Crippen LogP contribution is -2.59. The number of hydrogen-bond acceptors (Lipinski definition) is 9. The maximum absolute atomic E-state index is 11.8. The van der Waals surface area contributed by atoms with E-state index in [4.69, 9.17) is 35.6 Å². The Balaban J connectivity index is 1.44. The van der Waals surface area contributed by atoms with Gasteiger partial charge in [0.2, 0.25) is 11.8 Å². The number of pyridine rings is 2. The number of hydrogen-bond donors (Lipinski definition) is 1. The molecule has 1 N–H and O–H groups in total. The Morgan fingerprint density at radius 2 is 1.95 bits per heavy atom. The van der Waals surface area contributed by atoms with E-state index in [1.807, 2.05) is 12.1 Å². The number of anilines is 1. The van der Waals surface area contributed by atoms with Crippen molar-refractivity contribution in [3.05, 3.63) is 40.1 Å². The van der Waals surface area contributed by atoms with Gasteiger partial charge in [0.25, 0.3) is 0 Å². The van der Waals surface area contributed by atoms with Crippen LogP contribution in [-0.2, 0) is 16.0 Å². The van der Waals surface area contributed by atoms with E-state index in [0.29, 0.717) is 42.1 Å². The Bertz CT molecular complexity index is 1610. The summed E-state index contributed by atoms with van der Waals surface area (Å²) in [5, 5.41) is 4.41. The predicted molar refractivity (Wildman–Crippen MR) is 154 cm³/mol. The van der Waals surface area contributed by atoms with Gasteiger partial charge in [-0.3, -0.25) is 14.5 Å². The molecule has 3 fully saturated rings. The summed E-state index contributed by atoms with van der Waals surface area (Å²) in [6.07, 6.45) is 9.17. The van der Waals surface area contributed by atoms with Gasteiger partial charge >= 0.3 is 5.76 Å². The van der Waals surface area contributed by atoms with Crippen molar-refractivity contribution in [2.24, 2.45) is 11.8 Å². The van der Waals surface area contributed by atoms with E-state index in [9.17, 15) is 4.79 Å². The SMILES string of the molecule is CC1CCC(Cn2c(N3CC(C)OC4CCOCC43)nc3cc(-c4noc(=O)[nH]4)nc(-c4cncc(Cl)c4)c32)CC1. The molecule has 7 rings (SSSR count). The van der Waals surface area contributed by atoms with Crippen LogP contribution in [0.3, 0.4) is 0 Å². The lowest BCUT2D eigenvalue weighted by molar-refractivity contribution is -0.0967. The molecule has 2 aliphatic heterocycles. The molecule has 6 heterocycles. The smallest absolute Gasteiger partial charge is 0.379 e. The molecule has 12 heteroatoms. The Kier molecular flexibility index (Phi) is 7.04. The number of rotatable bonds is 5. The van der Waals surface area contributed by atoms with Crippen LogP contribution >= 0.6 is 11.6 Å². The summed E-state index contributed by atoms with van der Waals surface area (Å²) in [6, 6.07) is 3.79. The third-order valence-corrected chi connectivity index (χ3v) is 8.93. The number of imidazole rings is 1. The van der Waals surface area contributed by atoms with Crippen LogP contribution < -0.4 is 10.7 Å². The largest absolute Gasteiger partial charge is 0.439 e. The zero-order valence-electron chi connectivity index (χ0n) is 23.3. The summed E-state index contributed by atoms with van der Waals surface area (Å²) >= 11 is 6.41. The third-order valence-electron chi connectivity index (χ3n) is 8.72. The fourth-order valence-electron chi connectivity index (χ4n) is 6.65. The van der Waals surface area contributed by atoms with Crippen molar-refractivity contribution < 1.29 is 14.0 Å². The normalized spacial score (nSPS) is 26.8. The van der Waals surface area contributed by atoms with Gasteiger partial charge < -0.3 is 18.9 Å². The van der Waals surface area contributed by atoms with E-state index in [0.717, 1.165) is 41.4 Å². The van der Waals surface area contributed by atoms with Crippen LogP contribution in [0, 0.1) is 11.8 Å². The minimum absolute atomic E-state index is 0.0589.